The number of hydrogen-bond donors (Lipinski definition) is 2. The van der Waals surface area contributed by atoms with E-state index in [1.54, 1.807) is 0 Å². The first kappa shape index (κ1) is 6.33. The van der Waals surface area contributed by atoms with E-state index >= 15 is 0 Å². The fourth-order valence-corrected chi connectivity index (χ4v) is 0.680. The van der Waals surface area contributed by atoms with E-state index in [0.717, 1.165) is 6.20 Å². The summed E-state index contributed by atoms with van der Waals surface area (Å²) in [7, 11) is -4.24. The summed E-state index contributed by atoms with van der Waals surface area (Å²) in [6, 6.07) is 0. The molecule has 0 saturated heterocycles. The second kappa shape index (κ2) is 1.87. The Kier molecular flexibility index (Phi) is 1.31. The van der Waals surface area contributed by atoms with Gasteiger partial charge in [0.05, 0.1) is 6.20 Å². The highest BCUT2D eigenvalue weighted by atomic mass is 32.2. The van der Waals surface area contributed by atoms with Crippen LogP contribution in [0.25, 0.3) is 0 Å². The van der Waals surface area contributed by atoms with Crippen LogP contribution >= 0.6 is 0 Å². The molecular weight excluding hydrogens is 148 g/mol. The van der Waals surface area contributed by atoms with E-state index in [-0.39, 0.29) is 4.47 Å². The normalized spacial score (nSPS) is 18.1. The Morgan fingerprint density at radius 3 is 2.56 bits per heavy atom. The van der Waals surface area contributed by atoms with Crippen LogP contribution < -0.4 is 5.48 Å². The summed E-state index contributed by atoms with van der Waals surface area (Å²) in [5, 5.41) is 0. The Labute approximate surface area is 51.5 Å². The summed E-state index contributed by atoms with van der Waals surface area (Å²) < 4.78 is 28.7. The molecule has 0 fully saturated rings. The van der Waals surface area contributed by atoms with Crippen LogP contribution in [0.1, 0.15) is 0 Å². The van der Waals surface area contributed by atoms with Gasteiger partial charge >= 0.3 is 10.3 Å². The van der Waals surface area contributed by atoms with Crippen molar-refractivity contribution in [1.82, 2.24) is 9.95 Å². The maximum absolute atomic E-state index is 10.1. The molecule has 9 heavy (non-hydrogen) atoms. The predicted molar refractivity (Wildman–Crippen MR) is 26.7 cm³/mol. The van der Waals surface area contributed by atoms with Gasteiger partial charge in [0, 0.05) is 6.20 Å². The van der Waals surface area contributed by atoms with Crippen molar-refractivity contribution in [2.45, 2.75) is 0 Å². The van der Waals surface area contributed by atoms with Crippen molar-refractivity contribution < 1.29 is 17.9 Å². The van der Waals surface area contributed by atoms with E-state index in [2.05, 4.69) is 10.4 Å². The molecular formula is C2H4N2O4S. The quantitative estimate of drug-likeness (QED) is 0.472. The molecule has 1 aliphatic heterocycles. The van der Waals surface area contributed by atoms with E-state index in [1.807, 2.05) is 0 Å². The van der Waals surface area contributed by atoms with Crippen molar-refractivity contribution in [1.29, 1.82) is 0 Å². The Morgan fingerprint density at radius 1 is 1.67 bits per heavy atom. The Balaban J connectivity index is 2.76. The van der Waals surface area contributed by atoms with Gasteiger partial charge in [0.2, 0.25) is 0 Å². The summed E-state index contributed by atoms with van der Waals surface area (Å²) in [4.78, 5) is 4.15. The SMILES string of the molecule is O=S(=O)(O)N1C=CNO1. The molecule has 6 nitrogen and oxygen atoms in total. The highest BCUT2D eigenvalue weighted by molar-refractivity contribution is 7.83. The van der Waals surface area contributed by atoms with Crippen LogP contribution in [-0.2, 0) is 15.2 Å². The first-order chi connectivity index (χ1) is 4.11. The number of hydrogen-bond acceptors (Lipinski definition) is 4. The molecule has 52 valence electrons. The van der Waals surface area contributed by atoms with Crippen LogP contribution in [0.4, 0.5) is 0 Å². The minimum Gasteiger partial charge on any atom is -0.267 e. The molecule has 0 aromatic heterocycles. The molecule has 0 radical (unpaired) electrons. The first-order valence-corrected chi connectivity index (χ1v) is 3.36. The molecule has 0 bridgehead atoms. The van der Waals surface area contributed by atoms with Gasteiger partial charge in [0.15, 0.2) is 0 Å². The second-order valence-electron chi connectivity index (χ2n) is 1.26. The lowest BCUT2D eigenvalue weighted by Gasteiger charge is -2.05. The zero-order chi connectivity index (χ0) is 6.91. The average molecular weight is 152 g/mol. The summed E-state index contributed by atoms with van der Waals surface area (Å²) in [6.45, 7) is 0. The van der Waals surface area contributed by atoms with Crippen molar-refractivity contribution in [3.63, 3.8) is 0 Å². The lowest BCUT2D eigenvalue weighted by atomic mass is 11.0. The van der Waals surface area contributed by atoms with E-state index in [1.165, 1.54) is 6.20 Å². The molecule has 1 heterocycles. The molecule has 1 rings (SSSR count). The molecule has 0 atom stereocenters. The predicted octanol–water partition coefficient (Wildman–Crippen LogP) is -0.988. The van der Waals surface area contributed by atoms with Crippen LogP contribution in [0.5, 0.6) is 0 Å². The minimum atomic E-state index is -4.24. The van der Waals surface area contributed by atoms with Crippen LogP contribution in [0.2, 0.25) is 0 Å². The maximum atomic E-state index is 10.1. The molecule has 0 aromatic carbocycles. The number of rotatable bonds is 1. The third kappa shape index (κ3) is 1.31. The fraction of sp³-hybridized carbons (Fsp3) is 0. The molecule has 0 aliphatic carbocycles. The molecule has 0 aromatic rings. The largest absolute Gasteiger partial charge is 0.384 e. The fourth-order valence-electron chi connectivity index (χ4n) is 0.328. The smallest absolute Gasteiger partial charge is 0.267 e. The summed E-state index contributed by atoms with van der Waals surface area (Å²) in [6.07, 6.45) is 2.24. The first-order valence-electron chi connectivity index (χ1n) is 1.97. The molecule has 0 spiro atoms. The summed E-state index contributed by atoms with van der Waals surface area (Å²) in [5.41, 5.74) is 2.09. The summed E-state index contributed by atoms with van der Waals surface area (Å²) in [5.74, 6) is 0. The van der Waals surface area contributed by atoms with Crippen molar-refractivity contribution in [2.24, 2.45) is 0 Å². The van der Waals surface area contributed by atoms with Crippen LogP contribution in [0.3, 0.4) is 0 Å². The molecule has 0 unspecified atom stereocenters. The molecule has 7 heteroatoms. The third-order valence-electron chi connectivity index (χ3n) is 0.634. The average Bonchev–Trinajstić information content (AvgIpc) is 2.08. The molecule has 1 aliphatic rings. The van der Waals surface area contributed by atoms with Crippen LogP contribution in [0, 0.1) is 0 Å². The van der Waals surface area contributed by atoms with Gasteiger partial charge in [0.25, 0.3) is 0 Å². The van der Waals surface area contributed by atoms with Crippen molar-refractivity contribution in [3.05, 3.63) is 12.4 Å². The van der Waals surface area contributed by atoms with E-state index in [0.29, 0.717) is 0 Å². The Hall–Kier alpha value is -0.790. The van der Waals surface area contributed by atoms with Gasteiger partial charge in [-0.05, 0) is 0 Å². The topological polar surface area (TPSA) is 78.9 Å². The van der Waals surface area contributed by atoms with E-state index < -0.39 is 10.3 Å². The van der Waals surface area contributed by atoms with Gasteiger partial charge < -0.3 is 0 Å². The van der Waals surface area contributed by atoms with Gasteiger partial charge in [-0.2, -0.15) is 8.42 Å². The van der Waals surface area contributed by atoms with Crippen molar-refractivity contribution in [2.75, 3.05) is 0 Å². The standard InChI is InChI=1S/C2H4N2O4S/c5-9(6,7)4-2-1-3-8-4/h1-3H,(H,5,6,7). The highest BCUT2D eigenvalue weighted by Crippen LogP contribution is 2.01. The monoisotopic (exact) mass is 152 g/mol. The molecule has 0 saturated carbocycles. The third-order valence-corrected chi connectivity index (χ3v) is 1.29. The lowest BCUT2D eigenvalue weighted by Crippen LogP contribution is -2.24. The van der Waals surface area contributed by atoms with Crippen molar-refractivity contribution in [3.8, 4) is 0 Å². The summed E-state index contributed by atoms with van der Waals surface area (Å²) >= 11 is 0. The van der Waals surface area contributed by atoms with Gasteiger partial charge in [-0.25, -0.2) is 5.48 Å². The minimum absolute atomic E-state index is 0.285. The Morgan fingerprint density at radius 2 is 2.33 bits per heavy atom. The number of nitrogens with one attached hydrogen (secondary N) is 1. The van der Waals surface area contributed by atoms with Gasteiger partial charge in [-0.3, -0.25) is 4.55 Å². The van der Waals surface area contributed by atoms with E-state index in [4.69, 9.17) is 4.55 Å². The number of nitrogens with zero attached hydrogens (tertiary/aromatic N) is 1. The zero-order valence-corrected chi connectivity index (χ0v) is 5.00. The highest BCUT2D eigenvalue weighted by Gasteiger charge is 2.18. The van der Waals surface area contributed by atoms with Gasteiger partial charge in [-0.15, -0.1) is 9.41 Å². The van der Waals surface area contributed by atoms with Crippen LogP contribution in [-0.4, -0.2) is 17.4 Å². The lowest BCUT2D eigenvalue weighted by molar-refractivity contribution is -0.0802. The van der Waals surface area contributed by atoms with Crippen LogP contribution in [0.15, 0.2) is 12.4 Å². The van der Waals surface area contributed by atoms with Gasteiger partial charge in [0.1, 0.15) is 0 Å². The second-order valence-corrected chi connectivity index (χ2v) is 2.51. The molecule has 0 amide bonds. The zero-order valence-electron chi connectivity index (χ0n) is 4.18. The Bertz CT molecular complexity index is 219. The van der Waals surface area contributed by atoms with E-state index in [9.17, 15) is 8.42 Å². The maximum Gasteiger partial charge on any atom is 0.384 e. The number of hydroxylamine groups is 2. The molecule has 2 N–H and O–H groups in total. The van der Waals surface area contributed by atoms with Gasteiger partial charge in [-0.1, -0.05) is 0 Å². The van der Waals surface area contributed by atoms with Crippen molar-refractivity contribution >= 4 is 10.3 Å².